The molecule has 3 aromatic carbocycles. The molecule has 3 aliphatic heterocycles. The number of aromatic carboxylic acids is 1. The summed E-state index contributed by atoms with van der Waals surface area (Å²) in [6, 6.07) is 12.2. The zero-order valence-electron chi connectivity index (χ0n) is 28.3. The van der Waals surface area contributed by atoms with Crippen molar-refractivity contribution in [2.45, 2.75) is 57.5 Å². The predicted molar refractivity (Wildman–Crippen MR) is 172 cm³/mol. The van der Waals surface area contributed by atoms with Crippen LogP contribution >= 0.6 is 11.6 Å². The molecule has 1 aromatic heterocycles. The Morgan fingerprint density at radius 2 is 2.07 bits per heavy atom. The number of halogens is 1. The number of methoxy groups -OCH3 is 2. The molecule has 0 amide bonds. The van der Waals surface area contributed by atoms with Crippen LogP contribution in [-0.2, 0) is 29.8 Å². The fraction of sp³-hybridized carbons (Fsp3) is 0.371. The van der Waals surface area contributed by atoms with E-state index >= 15 is 0 Å². The first kappa shape index (κ1) is 26.2. The Morgan fingerprint density at radius 3 is 2.80 bits per heavy atom. The largest absolute Gasteiger partial charge is 0.496 e. The average Bonchev–Trinajstić information content (AvgIpc) is 3.35. The Labute approximate surface area is 271 Å². The summed E-state index contributed by atoms with van der Waals surface area (Å²) >= 11 is 6.25. The van der Waals surface area contributed by atoms with Gasteiger partial charge in [-0.1, -0.05) is 29.8 Å². The van der Waals surface area contributed by atoms with E-state index < -0.39 is 18.6 Å². The van der Waals surface area contributed by atoms with Crippen LogP contribution in [0, 0.1) is 0 Å². The lowest BCUT2D eigenvalue weighted by atomic mass is 9.86. The highest BCUT2D eigenvalue weighted by Gasteiger charge is 2.37. The number of ether oxygens (including phenoxy) is 4. The molecular formula is C35H36ClN3O6. The van der Waals surface area contributed by atoms with Gasteiger partial charge in [0.05, 0.1) is 48.5 Å². The number of rotatable bonds is 8. The van der Waals surface area contributed by atoms with Crippen molar-refractivity contribution in [2.24, 2.45) is 0 Å². The van der Waals surface area contributed by atoms with E-state index in [0.29, 0.717) is 47.1 Å². The third-order valence-electron chi connectivity index (χ3n) is 9.32. The van der Waals surface area contributed by atoms with Gasteiger partial charge in [0.15, 0.2) is 5.60 Å². The first-order valence-electron chi connectivity index (χ1n) is 16.5. The first-order chi connectivity index (χ1) is 22.8. The smallest absolute Gasteiger partial charge is 0.335 e. The Kier molecular flexibility index (Phi) is 6.63. The molecule has 4 heterocycles. The van der Waals surface area contributed by atoms with Crippen molar-refractivity contribution in [1.82, 2.24) is 14.5 Å². The molecule has 3 aliphatic rings. The molecule has 1 N–H and O–H groups in total. The summed E-state index contributed by atoms with van der Waals surface area (Å²) in [5, 5.41) is 10.2. The molecule has 234 valence electrons. The minimum Gasteiger partial charge on any atom is -0.496 e. The van der Waals surface area contributed by atoms with E-state index in [0.717, 1.165) is 42.1 Å². The molecule has 10 heteroatoms. The number of nitrogens with zero attached hydrogens (tertiary/aromatic N) is 3. The Balaban J connectivity index is 1.25. The molecule has 4 aromatic rings. The zero-order valence-corrected chi connectivity index (χ0v) is 26.1. The number of carbonyl (C=O) groups is 1. The van der Waals surface area contributed by atoms with Gasteiger partial charge in [-0.05, 0) is 68.7 Å². The minimum atomic E-state index is -2.67. The fourth-order valence-corrected chi connectivity index (χ4v) is 6.88. The molecule has 1 fully saturated rings. The van der Waals surface area contributed by atoms with Crippen LogP contribution in [0.1, 0.15) is 68.9 Å². The highest BCUT2D eigenvalue weighted by atomic mass is 35.5. The van der Waals surface area contributed by atoms with Crippen molar-refractivity contribution >= 4 is 34.7 Å². The molecule has 0 saturated carbocycles. The second kappa shape index (κ2) is 11.4. The van der Waals surface area contributed by atoms with Gasteiger partial charge in [0.25, 0.3) is 0 Å². The number of hydrogen-bond donors (Lipinski definition) is 1. The maximum Gasteiger partial charge on any atom is 0.335 e. The molecule has 7 rings (SSSR count). The molecule has 1 unspecified atom stereocenters. The van der Waals surface area contributed by atoms with Crippen LogP contribution in [-0.4, -0.2) is 58.9 Å². The number of fused-ring (bicyclic) bond motifs is 4. The third kappa shape index (κ3) is 5.13. The van der Waals surface area contributed by atoms with Crippen LogP contribution in [0.5, 0.6) is 17.2 Å². The topological polar surface area (TPSA) is 95.3 Å². The van der Waals surface area contributed by atoms with Crippen LogP contribution < -0.4 is 14.2 Å². The van der Waals surface area contributed by atoms with E-state index in [1.165, 1.54) is 24.8 Å². The van der Waals surface area contributed by atoms with Crippen LogP contribution in [0.2, 0.25) is 5.02 Å². The monoisotopic (exact) mass is 632 g/mol. The van der Waals surface area contributed by atoms with Gasteiger partial charge in [0.1, 0.15) is 28.6 Å². The number of carboxylic acid groups (broad SMARTS) is 1. The number of carboxylic acids is 1. The van der Waals surface area contributed by atoms with Crippen LogP contribution in [0.25, 0.3) is 17.1 Å². The van der Waals surface area contributed by atoms with Gasteiger partial charge in [0.2, 0.25) is 0 Å². The lowest BCUT2D eigenvalue weighted by molar-refractivity contribution is -0.0592. The molecule has 1 saturated heterocycles. The number of benzene rings is 3. The lowest BCUT2D eigenvalue weighted by Gasteiger charge is -2.40. The summed E-state index contributed by atoms with van der Waals surface area (Å²) in [4.78, 5) is 19.3. The Morgan fingerprint density at radius 1 is 1.22 bits per heavy atom. The van der Waals surface area contributed by atoms with Crippen molar-refractivity contribution in [3.8, 4) is 17.2 Å². The Hall–Kier alpha value is -4.05. The molecule has 0 spiro atoms. The van der Waals surface area contributed by atoms with Gasteiger partial charge in [-0.2, -0.15) is 0 Å². The van der Waals surface area contributed by atoms with E-state index in [1.54, 1.807) is 18.2 Å². The SMILES string of the molecule is [2H]C([2H])([2H])Oc1cc(Cl)ccc1[C@@]1(C)C=Cc2ccc3c(c2O1)C(C)N(Cc1nc2c(OC)cc(C(=O)O)cc2n1C[C@@H]1CCO1)CC3. The van der Waals surface area contributed by atoms with E-state index in [2.05, 4.69) is 28.5 Å². The second-order valence-electron chi connectivity index (χ2n) is 12.0. The van der Waals surface area contributed by atoms with E-state index in [1.807, 2.05) is 19.1 Å². The predicted octanol–water partition coefficient (Wildman–Crippen LogP) is 6.63. The van der Waals surface area contributed by atoms with E-state index in [9.17, 15) is 9.90 Å². The summed E-state index contributed by atoms with van der Waals surface area (Å²) in [6.07, 6.45) is 5.64. The number of hydrogen-bond acceptors (Lipinski definition) is 7. The van der Waals surface area contributed by atoms with Crippen molar-refractivity contribution in [2.75, 3.05) is 27.3 Å². The molecule has 45 heavy (non-hydrogen) atoms. The fourth-order valence-electron chi connectivity index (χ4n) is 6.72. The quantitative estimate of drug-likeness (QED) is 0.231. The van der Waals surface area contributed by atoms with E-state index in [4.69, 9.17) is 39.6 Å². The first-order valence-corrected chi connectivity index (χ1v) is 15.4. The molecule has 9 nitrogen and oxygen atoms in total. The number of aromatic nitrogens is 2. The van der Waals surface area contributed by atoms with Gasteiger partial charge in [-0.3, -0.25) is 4.90 Å². The van der Waals surface area contributed by atoms with Crippen molar-refractivity contribution < 1.29 is 33.0 Å². The average molecular weight is 633 g/mol. The van der Waals surface area contributed by atoms with Crippen LogP contribution in [0.3, 0.4) is 0 Å². The summed E-state index contributed by atoms with van der Waals surface area (Å²) in [7, 11) is -1.15. The Bertz CT molecular complexity index is 1960. The van der Waals surface area contributed by atoms with Gasteiger partial charge >= 0.3 is 5.97 Å². The summed E-state index contributed by atoms with van der Waals surface area (Å²) in [5.74, 6) is 1.03. The van der Waals surface area contributed by atoms with Crippen LogP contribution in [0.15, 0.2) is 48.5 Å². The van der Waals surface area contributed by atoms with E-state index in [-0.39, 0.29) is 23.5 Å². The van der Waals surface area contributed by atoms with Crippen molar-refractivity contribution in [3.63, 3.8) is 0 Å². The molecular weight excluding hydrogens is 594 g/mol. The molecule has 0 bridgehead atoms. The third-order valence-corrected chi connectivity index (χ3v) is 9.56. The van der Waals surface area contributed by atoms with Crippen molar-refractivity contribution in [1.29, 1.82) is 0 Å². The number of imidazole rings is 1. The highest BCUT2D eigenvalue weighted by molar-refractivity contribution is 6.30. The van der Waals surface area contributed by atoms with Gasteiger partial charge < -0.3 is 28.6 Å². The van der Waals surface area contributed by atoms with Crippen LogP contribution in [0.4, 0.5) is 0 Å². The zero-order chi connectivity index (χ0) is 34.0. The summed E-state index contributed by atoms with van der Waals surface area (Å²) < 4.78 is 48.8. The minimum absolute atomic E-state index is 0.0251. The normalized spacial score (nSPS) is 23.6. The lowest BCUT2D eigenvalue weighted by Crippen LogP contribution is -2.37. The molecule has 3 atom stereocenters. The summed E-state index contributed by atoms with van der Waals surface area (Å²) in [5.41, 5.74) is 4.10. The maximum atomic E-state index is 12.0. The van der Waals surface area contributed by atoms with Crippen molar-refractivity contribution in [3.05, 3.63) is 87.2 Å². The van der Waals surface area contributed by atoms with Gasteiger partial charge in [-0.25, -0.2) is 9.78 Å². The maximum absolute atomic E-state index is 12.0. The molecule has 0 radical (unpaired) electrons. The second-order valence-corrected chi connectivity index (χ2v) is 12.4. The molecule has 0 aliphatic carbocycles. The summed E-state index contributed by atoms with van der Waals surface area (Å²) in [6.45, 7) is 6.56. The standard InChI is InChI=1S/C35H36ClN3O6/c1-20-31-21(5-6-22-9-12-35(2,45-33(22)31)26-8-7-24(36)17-28(26)42-3)10-13-38(20)19-30-37-32-27(39(30)18-25-11-14-44-25)15-23(34(40)41)16-29(32)43-4/h5-9,12,15-17,20,25H,10-11,13-14,18-19H2,1-4H3,(H,40,41)/t20?,25-,35+/m0/s1/i3D3. The van der Waals surface area contributed by atoms with Gasteiger partial charge in [-0.15, -0.1) is 0 Å². The van der Waals surface area contributed by atoms with Gasteiger partial charge in [0, 0.05) is 40.9 Å². The highest BCUT2D eigenvalue weighted by Crippen LogP contribution is 2.47.